The molecule has 100 valence electrons. The second kappa shape index (κ2) is 5.63. The van der Waals surface area contributed by atoms with Crippen LogP contribution in [0.2, 0.25) is 5.02 Å². The fourth-order valence-corrected chi connectivity index (χ4v) is 3.26. The SMILES string of the molecule is C[C@@H](NC1CCCC(C)(C)C1)c1cccc(Cl)c1. The minimum Gasteiger partial charge on any atom is -0.307 e. The Balaban J connectivity index is 1.97. The number of halogens is 1. The molecule has 0 heterocycles. The number of rotatable bonds is 3. The van der Waals surface area contributed by atoms with Gasteiger partial charge in [0.15, 0.2) is 0 Å². The molecule has 0 radical (unpaired) electrons. The van der Waals surface area contributed by atoms with E-state index >= 15 is 0 Å². The summed E-state index contributed by atoms with van der Waals surface area (Å²) in [6.45, 7) is 6.99. The summed E-state index contributed by atoms with van der Waals surface area (Å²) in [5.41, 5.74) is 1.77. The van der Waals surface area contributed by atoms with E-state index < -0.39 is 0 Å². The first-order chi connectivity index (χ1) is 8.46. The maximum Gasteiger partial charge on any atom is 0.0409 e. The van der Waals surface area contributed by atoms with Crippen LogP contribution in [-0.2, 0) is 0 Å². The molecule has 0 saturated heterocycles. The number of benzene rings is 1. The van der Waals surface area contributed by atoms with Gasteiger partial charge in [-0.05, 0) is 49.3 Å². The molecular weight excluding hydrogens is 242 g/mol. The van der Waals surface area contributed by atoms with Crippen LogP contribution < -0.4 is 5.32 Å². The van der Waals surface area contributed by atoms with Gasteiger partial charge in [0, 0.05) is 17.1 Å². The van der Waals surface area contributed by atoms with Gasteiger partial charge in [-0.15, -0.1) is 0 Å². The highest BCUT2D eigenvalue weighted by Crippen LogP contribution is 2.36. The smallest absolute Gasteiger partial charge is 0.0409 e. The maximum absolute atomic E-state index is 6.05. The zero-order chi connectivity index (χ0) is 13.2. The zero-order valence-corrected chi connectivity index (χ0v) is 12.4. The molecule has 1 saturated carbocycles. The van der Waals surface area contributed by atoms with Crippen LogP contribution in [-0.4, -0.2) is 6.04 Å². The summed E-state index contributed by atoms with van der Waals surface area (Å²) < 4.78 is 0. The fraction of sp³-hybridized carbons (Fsp3) is 0.625. The summed E-state index contributed by atoms with van der Waals surface area (Å²) in [4.78, 5) is 0. The summed E-state index contributed by atoms with van der Waals surface area (Å²) in [6, 6.07) is 9.19. The molecule has 2 rings (SSSR count). The molecule has 1 aliphatic carbocycles. The largest absolute Gasteiger partial charge is 0.307 e. The van der Waals surface area contributed by atoms with Gasteiger partial charge in [0.1, 0.15) is 0 Å². The van der Waals surface area contributed by atoms with Gasteiger partial charge < -0.3 is 5.32 Å². The lowest BCUT2D eigenvalue weighted by atomic mass is 9.75. The molecule has 0 bridgehead atoms. The molecule has 2 heteroatoms. The van der Waals surface area contributed by atoms with Crippen LogP contribution in [0.1, 0.15) is 58.1 Å². The van der Waals surface area contributed by atoms with Gasteiger partial charge in [-0.2, -0.15) is 0 Å². The normalized spacial score (nSPS) is 24.8. The van der Waals surface area contributed by atoms with Crippen LogP contribution in [0.5, 0.6) is 0 Å². The van der Waals surface area contributed by atoms with E-state index in [0.717, 1.165) is 5.02 Å². The summed E-state index contributed by atoms with van der Waals surface area (Å²) in [5, 5.41) is 4.58. The summed E-state index contributed by atoms with van der Waals surface area (Å²) in [5.74, 6) is 0. The lowest BCUT2D eigenvalue weighted by molar-refractivity contribution is 0.191. The minimum atomic E-state index is 0.377. The molecule has 0 amide bonds. The van der Waals surface area contributed by atoms with E-state index in [0.29, 0.717) is 17.5 Å². The van der Waals surface area contributed by atoms with Crippen LogP contribution in [0.25, 0.3) is 0 Å². The van der Waals surface area contributed by atoms with Crippen molar-refractivity contribution in [2.45, 2.75) is 58.5 Å². The number of hydrogen-bond donors (Lipinski definition) is 1. The Labute approximate surface area is 116 Å². The molecule has 1 fully saturated rings. The summed E-state index contributed by atoms with van der Waals surface area (Å²) >= 11 is 6.05. The van der Waals surface area contributed by atoms with Crippen molar-refractivity contribution in [3.8, 4) is 0 Å². The van der Waals surface area contributed by atoms with Gasteiger partial charge >= 0.3 is 0 Å². The van der Waals surface area contributed by atoms with E-state index in [4.69, 9.17) is 11.6 Å². The van der Waals surface area contributed by atoms with Crippen LogP contribution in [0, 0.1) is 5.41 Å². The first-order valence-electron chi connectivity index (χ1n) is 6.98. The highest BCUT2D eigenvalue weighted by molar-refractivity contribution is 6.30. The average Bonchev–Trinajstić information content (AvgIpc) is 2.27. The van der Waals surface area contributed by atoms with Gasteiger partial charge in [0.05, 0.1) is 0 Å². The predicted molar refractivity (Wildman–Crippen MR) is 79.0 cm³/mol. The fourth-order valence-electron chi connectivity index (χ4n) is 3.07. The highest BCUT2D eigenvalue weighted by Gasteiger charge is 2.28. The van der Waals surface area contributed by atoms with E-state index in [9.17, 15) is 0 Å². The molecule has 0 spiro atoms. The Morgan fingerprint density at radius 2 is 2.17 bits per heavy atom. The third-order valence-electron chi connectivity index (χ3n) is 4.04. The van der Waals surface area contributed by atoms with E-state index in [1.54, 1.807) is 0 Å². The van der Waals surface area contributed by atoms with Crippen molar-refractivity contribution in [1.82, 2.24) is 5.32 Å². The predicted octanol–water partition coefficient (Wildman–Crippen LogP) is 4.96. The number of nitrogens with one attached hydrogen (secondary N) is 1. The van der Waals surface area contributed by atoms with E-state index in [2.05, 4.69) is 38.2 Å². The van der Waals surface area contributed by atoms with Crippen molar-refractivity contribution in [2.75, 3.05) is 0 Å². The third-order valence-corrected chi connectivity index (χ3v) is 4.27. The Hall–Kier alpha value is -0.530. The van der Waals surface area contributed by atoms with Gasteiger partial charge in [-0.3, -0.25) is 0 Å². The van der Waals surface area contributed by atoms with Crippen molar-refractivity contribution in [2.24, 2.45) is 5.41 Å². The lowest BCUT2D eigenvalue weighted by Crippen LogP contribution is -2.38. The molecule has 1 N–H and O–H groups in total. The molecule has 18 heavy (non-hydrogen) atoms. The van der Waals surface area contributed by atoms with Crippen LogP contribution in [0.15, 0.2) is 24.3 Å². The molecule has 1 nitrogen and oxygen atoms in total. The Kier molecular flexibility index (Phi) is 4.34. The zero-order valence-electron chi connectivity index (χ0n) is 11.7. The molecule has 1 unspecified atom stereocenters. The second-order valence-electron chi connectivity index (χ2n) is 6.40. The Morgan fingerprint density at radius 3 is 2.83 bits per heavy atom. The van der Waals surface area contributed by atoms with Gasteiger partial charge in [0.25, 0.3) is 0 Å². The van der Waals surface area contributed by atoms with Gasteiger partial charge in [0.2, 0.25) is 0 Å². The van der Waals surface area contributed by atoms with Gasteiger partial charge in [-0.25, -0.2) is 0 Å². The molecule has 1 aromatic rings. The van der Waals surface area contributed by atoms with Crippen molar-refractivity contribution in [3.05, 3.63) is 34.9 Å². The average molecular weight is 266 g/mol. The molecule has 1 aliphatic rings. The molecule has 0 aliphatic heterocycles. The molecule has 1 aromatic carbocycles. The van der Waals surface area contributed by atoms with Crippen molar-refractivity contribution in [1.29, 1.82) is 0 Å². The van der Waals surface area contributed by atoms with Crippen LogP contribution in [0.4, 0.5) is 0 Å². The quantitative estimate of drug-likeness (QED) is 0.815. The monoisotopic (exact) mass is 265 g/mol. The van der Waals surface area contributed by atoms with Crippen molar-refractivity contribution in [3.63, 3.8) is 0 Å². The highest BCUT2D eigenvalue weighted by atomic mass is 35.5. The standard InChI is InChI=1S/C16H24ClN/c1-12(13-6-4-7-14(17)10-13)18-15-8-5-9-16(2,3)11-15/h4,6-7,10,12,15,18H,5,8-9,11H2,1-3H3/t12-,15?/m1/s1. The van der Waals surface area contributed by atoms with Crippen LogP contribution in [0.3, 0.4) is 0 Å². The Bertz CT molecular complexity index is 400. The van der Waals surface area contributed by atoms with Crippen molar-refractivity contribution < 1.29 is 0 Å². The molecule has 2 atom stereocenters. The number of hydrogen-bond acceptors (Lipinski definition) is 1. The Morgan fingerprint density at radius 1 is 1.39 bits per heavy atom. The van der Waals surface area contributed by atoms with E-state index in [1.165, 1.54) is 31.2 Å². The van der Waals surface area contributed by atoms with Crippen LogP contribution >= 0.6 is 11.6 Å². The minimum absolute atomic E-state index is 0.377. The summed E-state index contributed by atoms with van der Waals surface area (Å²) in [7, 11) is 0. The van der Waals surface area contributed by atoms with Crippen molar-refractivity contribution >= 4 is 11.6 Å². The topological polar surface area (TPSA) is 12.0 Å². The third kappa shape index (κ3) is 3.73. The second-order valence-corrected chi connectivity index (χ2v) is 6.84. The van der Waals surface area contributed by atoms with E-state index in [-0.39, 0.29) is 0 Å². The summed E-state index contributed by atoms with van der Waals surface area (Å²) in [6.07, 6.45) is 5.27. The molecular formula is C16H24ClN. The van der Waals surface area contributed by atoms with Gasteiger partial charge in [-0.1, -0.05) is 44.0 Å². The first kappa shape index (κ1) is 13.9. The van der Waals surface area contributed by atoms with E-state index in [1.807, 2.05) is 12.1 Å². The molecule has 0 aromatic heterocycles. The first-order valence-corrected chi connectivity index (χ1v) is 7.36. The maximum atomic E-state index is 6.05. The lowest BCUT2D eigenvalue weighted by Gasteiger charge is -2.37.